The number of aliphatic hydroxyl groups excluding tert-OH is 1. The molecule has 0 bridgehead atoms. The largest absolute Gasteiger partial charge is 0.387 e. The first-order valence-corrected chi connectivity index (χ1v) is 5.34. The van der Waals surface area contributed by atoms with Gasteiger partial charge in [0.05, 0.1) is 6.10 Å². The zero-order valence-electron chi connectivity index (χ0n) is 8.83. The van der Waals surface area contributed by atoms with Gasteiger partial charge >= 0.3 is 0 Å². The zero-order chi connectivity index (χ0) is 10.8. The summed E-state index contributed by atoms with van der Waals surface area (Å²) in [5, 5.41) is 13.1. The molecular weight excluding hydrogens is 193 g/mol. The maximum atomic E-state index is 13.0. The predicted octanol–water partition coefficient (Wildman–Crippen LogP) is 1.92. The van der Waals surface area contributed by atoms with Crippen LogP contribution in [-0.2, 0) is 0 Å². The van der Waals surface area contributed by atoms with Crippen LogP contribution in [0.1, 0.15) is 30.1 Å². The van der Waals surface area contributed by atoms with E-state index < -0.39 is 6.10 Å². The third-order valence-electron chi connectivity index (χ3n) is 2.78. The minimum absolute atomic E-state index is 0.291. The average Bonchev–Trinajstić information content (AvgIpc) is 3.02. The van der Waals surface area contributed by atoms with Gasteiger partial charge in [-0.05, 0) is 43.0 Å². The maximum absolute atomic E-state index is 13.0. The molecule has 1 saturated carbocycles. The summed E-state index contributed by atoms with van der Waals surface area (Å²) in [4.78, 5) is 0. The van der Waals surface area contributed by atoms with Crippen LogP contribution in [0.4, 0.5) is 4.39 Å². The van der Waals surface area contributed by atoms with Crippen molar-refractivity contribution < 1.29 is 9.50 Å². The van der Waals surface area contributed by atoms with E-state index in [1.54, 1.807) is 6.07 Å². The highest BCUT2D eigenvalue weighted by molar-refractivity contribution is 5.28. The third kappa shape index (κ3) is 2.76. The molecule has 1 aromatic rings. The van der Waals surface area contributed by atoms with Crippen molar-refractivity contribution in [2.75, 3.05) is 6.54 Å². The molecule has 0 radical (unpaired) electrons. The number of hydrogen-bond donors (Lipinski definition) is 2. The smallest absolute Gasteiger partial charge is 0.123 e. The summed E-state index contributed by atoms with van der Waals surface area (Å²) < 4.78 is 13.0. The first-order valence-electron chi connectivity index (χ1n) is 5.34. The number of benzene rings is 1. The van der Waals surface area contributed by atoms with Crippen molar-refractivity contribution in [1.29, 1.82) is 0 Å². The quantitative estimate of drug-likeness (QED) is 0.794. The second kappa shape index (κ2) is 4.29. The summed E-state index contributed by atoms with van der Waals surface area (Å²) >= 11 is 0. The molecule has 1 aliphatic rings. The van der Waals surface area contributed by atoms with Crippen molar-refractivity contribution in [3.63, 3.8) is 0 Å². The van der Waals surface area contributed by atoms with Crippen molar-refractivity contribution in [1.82, 2.24) is 5.32 Å². The number of halogens is 1. The van der Waals surface area contributed by atoms with Crippen molar-refractivity contribution in [3.8, 4) is 0 Å². The second-order valence-corrected chi connectivity index (χ2v) is 4.20. The molecule has 2 nitrogen and oxygen atoms in total. The van der Waals surface area contributed by atoms with Gasteiger partial charge in [0.1, 0.15) is 5.82 Å². The minimum atomic E-state index is -0.610. The minimum Gasteiger partial charge on any atom is -0.387 e. The maximum Gasteiger partial charge on any atom is 0.123 e. The van der Waals surface area contributed by atoms with Gasteiger partial charge in [-0.1, -0.05) is 6.07 Å². The number of aryl methyl sites for hydroxylation is 1. The molecule has 0 heterocycles. The van der Waals surface area contributed by atoms with Crippen LogP contribution in [0.15, 0.2) is 18.2 Å². The van der Waals surface area contributed by atoms with Gasteiger partial charge in [-0.15, -0.1) is 0 Å². The summed E-state index contributed by atoms with van der Waals surface area (Å²) in [6.45, 7) is 2.39. The fraction of sp³-hybridized carbons (Fsp3) is 0.500. The molecule has 1 unspecified atom stereocenters. The molecule has 0 aromatic heterocycles. The monoisotopic (exact) mass is 209 g/mol. The molecule has 1 aliphatic carbocycles. The third-order valence-corrected chi connectivity index (χ3v) is 2.78. The Morgan fingerprint density at radius 3 is 2.93 bits per heavy atom. The van der Waals surface area contributed by atoms with Crippen LogP contribution in [0, 0.1) is 12.7 Å². The molecule has 2 rings (SSSR count). The Balaban J connectivity index is 2.02. The lowest BCUT2D eigenvalue weighted by molar-refractivity contribution is 0.173. The van der Waals surface area contributed by atoms with Gasteiger partial charge in [-0.25, -0.2) is 4.39 Å². The zero-order valence-corrected chi connectivity index (χ0v) is 8.83. The molecule has 15 heavy (non-hydrogen) atoms. The van der Waals surface area contributed by atoms with E-state index in [4.69, 9.17) is 0 Å². The fourth-order valence-corrected chi connectivity index (χ4v) is 1.65. The first kappa shape index (κ1) is 10.6. The number of aliphatic hydroxyl groups is 1. The summed E-state index contributed by atoms with van der Waals surface area (Å²) in [6, 6.07) is 5.09. The molecule has 3 heteroatoms. The topological polar surface area (TPSA) is 32.3 Å². The highest BCUT2D eigenvalue weighted by Gasteiger charge is 2.22. The van der Waals surface area contributed by atoms with Crippen LogP contribution in [0.2, 0.25) is 0 Å². The predicted molar refractivity (Wildman–Crippen MR) is 57.1 cm³/mol. The summed E-state index contributed by atoms with van der Waals surface area (Å²) in [5.74, 6) is -0.291. The SMILES string of the molecule is Cc1ccc(F)cc1C(O)CNC1CC1. The van der Waals surface area contributed by atoms with Crippen molar-refractivity contribution in [3.05, 3.63) is 35.1 Å². The molecule has 0 saturated heterocycles. The molecule has 1 atom stereocenters. The van der Waals surface area contributed by atoms with Gasteiger partial charge in [0.2, 0.25) is 0 Å². The van der Waals surface area contributed by atoms with Crippen LogP contribution < -0.4 is 5.32 Å². The van der Waals surface area contributed by atoms with Gasteiger partial charge in [-0.2, -0.15) is 0 Å². The Kier molecular flexibility index (Phi) is 3.03. The Morgan fingerprint density at radius 2 is 2.27 bits per heavy atom. The van der Waals surface area contributed by atoms with Gasteiger partial charge in [0.25, 0.3) is 0 Å². The molecule has 2 N–H and O–H groups in total. The molecule has 1 fully saturated rings. The number of hydrogen-bond acceptors (Lipinski definition) is 2. The van der Waals surface area contributed by atoms with E-state index in [0.29, 0.717) is 18.2 Å². The second-order valence-electron chi connectivity index (χ2n) is 4.20. The van der Waals surface area contributed by atoms with Gasteiger partial charge < -0.3 is 10.4 Å². The lowest BCUT2D eigenvalue weighted by Crippen LogP contribution is -2.23. The van der Waals surface area contributed by atoms with Crippen molar-refractivity contribution in [2.45, 2.75) is 31.9 Å². The number of nitrogens with one attached hydrogen (secondary N) is 1. The Bertz CT molecular complexity index is 349. The van der Waals surface area contributed by atoms with Crippen LogP contribution >= 0.6 is 0 Å². The number of rotatable bonds is 4. The van der Waals surface area contributed by atoms with E-state index in [1.165, 1.54) is 25.0 Å². The summed E-state index contributed by atoms with van der Waals surface area (Å²) in [5.41, 5.74) is 1.62. The first-order chi connectivity index (χ1) is 7.16. The fourth-order valence-electron chi connectivity index (χ4n) is 1.65. The van der Waals surface area contributed by atoms with Gasteiger partial charge in [-0.3, -0.25) is 0 Å². The van der Waals surface area contributed by atoms with E-state index in [9.17, 15) is 9.50 Å². The van der Waals surface area contributed by atoms with Crippen molar-refractivity contribution >= 4 is 0 Å². The van der Waals surface area contributed by atoms with Crippen LogP contribution in [0.25, 0.3) is 0 Å². The highest BCUT2D eigenvalue weighted by atomic mass is 19.1. The van der Waals surface area contributed by atoms with E-state index in [1.807, 2.05) is 6.92 Å². The van der Waals surface area contributed by atoms with Crippen molar-refractivity contribution in [2.24, 2.45) is 0 Å². The molecular formula is C12H16FNO. The average molecular weight is 209 g/mol. The van der Waals surface area contributed by atoms with Gasteiger partial charge in [0, 0.05) is 12.6 Å². The standard InChI is InChI=1S/C12H16FNO/c1-8-2-3-9(13)6-11(8)12(15)7-14-10-4-5-10/h2-3,6,10,12,14-15H,4-5,7H2,1H3. The Morgan fingerprint density at radius 1 is 1.53 bits per heavy atom. The van der Waals surface area contributed by atoms with E-state index in [2.05, 4.69) is 5.32 Å². The molecule has 1 aromatic carbocycles. The Labute approximate surface area is 89.1 Å². The Hall–Kier alpha value is -0.930. The van der Waals surface area contributed by atoms with Crippen LogP contribution in [0.3, 0.4) is 0 Å². The van der Waals surface area contributed by atoms with Crippen LogP contribution in [0.5, 0.6) is 0 Å². The molecule has 0 spiro atoms. The normalized spacial score (nSPS) is 17.8. The van der Waals surface area contributed by atoms with Crippen LogP contribution in [-0.4, -0.2) is 17.7 Å². The summed E-state index contributed by atoms with van der Waals surface area (Å²) in [7, 11) is 0. The van der Waals surface area contributed by atoms with E-state index >= 15 is 0 Å². The lowest BCUT2D eigenvalue weighted by atomic mass is 10.0. The van der Waals surface area contributed by atoms with E-state index in [-0.39, 0.29) is 5.82 Å². The van der Waals surface area contributed by atoms with Gasteiger partial charge in [0.15, 0.2) is 0 Å². The molecule has 0 amide bonds. The molecule has 82 valence electrons. The molecule has 0 aliphatic heterocycles. The summed E-state index contributed by atoms with van der Waals surface area (Å²) in [6.07, 6.45) is 1.77. The van der Waals surface area contributed by atoms with E-state index in [0.717, 1.165) is 5.56 Å². The highest BCUT2D eigenvalue weighted by Crippen LogP contribution is 2.22. The lowest BCUT2D eigenvalue weighted by Gasteiger charge is -2.14.